The van der Waals surface area contributed by atoms with E-state index in [2.05, 4.69) is 0 Å². The molecule has 0 saturated heterocycles. The molecule has 0 unspecified atom stereocenters. The Labute approximate surface area is 87.2 Å². The van der Waals surface area contributed by atoms with Gasteiger partial charge >= 0.3 is 0 Å². The second-order valence-electron chi connectivity index (χ2n) is 2.47. The maximum absolute atomic E-state index is 8.25. The van der Waals surface area contributed by atoms with E-state index in [1.54, 1.807) is 6.07 Å². The summed E-state index contributed by atoms with van der Waals surface area (Å²) in [4.78, 5) is 8.25. The van der Waals surface area contributed by atoms with Gasteiger partial charge in [-0.15, -0.1) is 0 Å². The summed E-state index contributed by atoms with van der Waals surface area (Å²) in [5.74, 6) is 1.43. The normalized spacial score (nSPS) is 11.5. The number of fused-ring (bicyclic) bond motifs is 1. The minimum Gasteiger partial charge on any atom is -0.554 e. The van der Waals surface area contributed by atoms with Crippen molar-refractivity contribution in [1.82, 2.24) is 6.15 Å². The second kappa shape index (κ2) is 6.50. The molecule has 0 bridgehead atoms. The number of para-hydroxylation sites is 1. The molecule has 6 heteroatoms. The summed E-state index contributed by atoms with van der Waals surface area (Å²) in [5.41, 5.74) is 6.28. The van der Waals surface area contributed by atoms with Crippen LogP contribution in [-0.4, -0.2) is 19.7 Å². The van der Waals surface area contributed by atoms with E-state index in [1.165, 1.54) is 0 Å². The van der Waals surface area contributed by atoms with Gasteiger partial charge in [0.25, 0.3) is 0 Å². The van der Waals surface area contributed by atoms with Crippen LogP contribution >= 0.6 is 0 Å². The summed E-state index contributed by atoms with van der Waals surface area (Å²) >= 11 is 0. The zero-order chi connectivity index (χ0) is 10.4. The highest BCUT2D eigenvalue weighted by Crippen LogP contribution is 2.34. The lowest BCUT2D eigenvalue weighted by atomic mass is 10.2. The maximum atomic E-state index is 8.25. The van der Waals surface area contributed by atoms with Gasteiger partial charge in [0.05, 0.1) is 5.69 Å². The highest BCUT2D eigenvalue weighted by atomic mass is 16.6. The van der Waals surface area contributed by atoms with Crippen molar-refractivity contribution in [2.24, 2.45) is 0 Å². The van der Waals surface area contributed by atoms with E-state index in [-0.39, 0.29) is 6.15 Å². The minimum atomic E-state index is -0.500. The largest absolute Gasteiger partial charge is 0.554 e. The lowest BCUT2D eigenvalue weighted by Gasteiger charge is -2.19. The molecule has 6 N–H and O–H groups in total. The number of nitrogens with two attached hydrogens (primary N) is 1. The van der Waals surface area contributed by atoms with Crippen LogP contribution in [0.1, 0.15) is 0 Å². The van der Waals surface area contributed by atoms with Gasteiger partial charge in [-0.3, -0.25) is 0 Å². The molecular weight excluding hydrogens is 200 g/mol. The van der Waals surface area contributed by atoms with Gasteiger partial charge < -0.3 is 31.3 Å². The highest BCUT2D eigenvalue weighted by molar-refractivity contribution is 5.60. The quantitative estimate of drug-likeness (QED) is 0.456. The van der Waals surface area contributed by atoms with Gasteiger partial charge in [-0.25, -0.2) is 0 Å². The Bertz CT molecular complexity index is 317. The number of rotatable bonds is 0. The average Bonchev–Trinajstić information content (AvgIpc) is 2.20. The number of hydrogen-bond acceptors (Lipinski definition) is 5. The van der Waals surface area contributed by atoms with E-state index in [0.717, 1.165) is 5.75 Å². The number of carbonyl (C=O) groups is 1. The zero-order valence-electron chi connectivity index (χ0n) is 8.43. The lowest BCUT2D eigenvalue weighted by molar-refractivity contribution is -0.283. The van der Waals surface area contributed by atoms with E-state index in [1.807, 2.05) is 12.1 Å². The summed E-state index contributed by atoms with van der Waals surface area (Å²) in [6.07, 6.45) is 0. The first kappa shape index (κ1) is 13.1. The Morgan fingerprint density at radius 1 is 1.33 bits per heavy atom. The number of ether oxygens (including phenoxy) is 2. The SMILES string of the molecule is Nc1cccc2c1OCCO2.O=C[O-].[NH4+]. The van der Waals surface area contributed by atoms with Crippen molar-refractivity contribution in [3.63, 3.8) is 0 Å². The van der Waals surface area contributed by atoms with Crippen molar-refractivity contribution in [3.8, 4) is 11.5 Å². The predicted molar refractivity (Wildman–Crippen MR) is 53.9 cm³/mol. The predicted octanol–water partition coefficient (Wildman–Crippen LogP) is -0.218. The number of hydrogen-bond donors (Lipinski definition) is 2. The molecule has 0 fully saturated rings. The molecule has 0 amide bonds. The van der Waals surface area contributed by atoms with Crippen LogP contribution in [-0.2, 0) is 4.79 Å². The third-order valence-corrected chi connectivity index (χ3v) is 1.60. The Hall–Kier alpha value is -1.95. The third-order valence-electron chi connectivity index (χ3n) is 1.60. The molecule has 2 rings (SSSR count). The van der Waals surface area contributed by atoms with Gasteiger partial charge in [0.2, 0.25) is 0 Å². The van der Waals surface area contributed by atoms with E-state index < -0.39 is 6.47 Å². The molecule has 0 atom stereocenters. The number of anilines is 1. The van der Waals surface area contributed by atoms with Crippen LogP contribution in [0.25, 0.3) is 0 Å². The fourth-order valence-corrected chi connectivity index (χ4v) is 1.10. The van der Waals surface area contributed by atoms with Gasteiger partial charge in [0, 0.05) is 6.47 Å². The fraction of sp³-hybridized carbons (Fsp3) is 0.222. The number of carboxylic acid groups (broad SMARTS) is 1. The van der Waals surface area contributed by atoms with Crippen LogP contribution < -0.4 is 26.5 Å². The van der Waals surface area contributed by atoms with Crippen LogP contribution in [0.5, 0.6) is 11.5 Å². The van der Waals surface area contributed by atoms with Crippen LogP contribution in [0, 0.1) is 0 Å². The molecule has 1 aliphatic heterocycles. The monoisotopic (exact) mass is 214 g/mol. The Kier molecular flexibility index (Phi) is 5.65. The summed E-state index contributed by atoms with van der Waals surface area (Å²) < 4.78 is 10.6. The van der Waals surface area contributed by atoms with E-state index >= 15 is 0 Å². The molecule has 0 aliphatic carbocycles. The van der Waals surface area contributed by atoms with Crippen LogP contribution in [0.2, 0.25) is 0 Å². The Morgan fingerprint density at radius 2 is 1.93 bits per heavy atom. The molecule has 1 heterocycles. The van der Waals surface area contributed by atoms with Gasteiger partial charge in [0.1, 0.15) is 13.2 Å². The van der Waals surface area contributed by atoms with Crippen molar-refractivity contribution >= 4 is 12.2 Å². The second-order valence-corrected chi connectivity index (χ2v) is 2.47. The standard InChI is InChI=1S/C8H9NO2.CH2O2.H3N/c9-6-2-1-3-7-8(6)11-5-4-10-7;2-1-3;/h1-3H,4-5,9H2;1H,(H,2,3);1H3. The van der Waals surface area contributed by atoms with Gasteiger partial charge in [-0.2, -0.15) is 0 Å². The van der Waals surface area contributed by atoms with Gasteiger partial charge in [-0.05, 0) is 12.1 Å². The first-order valence-corrected chi connectivity index (χ1v) is 3.99. The van der Waals surface area contributed by atoms with E-state index in [4.69, 9.17) is 25.1 Å². The topological polar surface area (TPSA) is 121 Å². The molecule has 0 aromatic heterocycles. The third kappa shape index (κ3) is 3.35. The highest BCUT2D eigenvalue weighted by Gasteiger charge is 2.12. The molecule has 84 valence electrons. The molecule has 0 saturated carbocycles. The molecule has 1 aromatic rings. The fourth-order valence-electron chi connectivity index (χ4n) is 1.10. The molecule has 15 heavy (non-hydrogen) atoms. The Morgan fingerprint density at radius 3 is 2.53 bits per heavy atom. The summed E-state index contributed by atoms with van der Waals surface area (Å²) in [6.45, 7) is 0.692. The van der Waals surface area contributed by atoms with Crippen molar-refractivity contribution in [3.05, 3.63) is 18.2 Å². The molecule has 1 aliphatic rings. The number of quaternary nitrogens is 1. The summed E-state index contributed by atoms with van der Waals surface area (Å²) in [7, 11) is 0. The van der Waals surface area contributed by atoms with Crippen LogP contribution in [0.4, 0.5) is 5.69 Å². The van der Waals surface area contributed by atoms with Crippen molar-refractivity contribution < 1.29 is 19.4 Å². The van der Waals surface area contributed by atoms with Gasteiger partial charge in [0.15, 0.2) is 11.5 Å². The van der Waals surface area contributed by atoms with Crippen LogP contribution in [0.15, 0.2) is 18.2 Å². The summed E-state index contributed by atoms with van der Waals surface area (Å²) in [6, 6.07) is 5.50. The molecular formula is C9H14N2O4. The average molecular weight is 214 g/mol. The minimum absolute atomic E-state index is 0. The number of benzene rings is 1. The zero-order valence-corrected chi connectivity index (χ0v) is 8.43. The number of carbonyl (C=O) groups excluding carboxylic acids is 1. The Balaban J connectivity index is 0.000000443. The first-order chi connectivity index (χ1) is 6.79. The van der Waals surface area contributed by atoms with Crippen molar-refractivity contribution in [1.29, 1.82) is 0 Å². The molecule has 1 aromatic carbocycles. The van der Waals surface area contributed by atoms with E-state index in [9.17, 15) is 0 Å². The first-order valence-electron chi connectivity index (χ1n) is 3.99. The van der Waals surface area contributed by atoms with Crippen molar-refractivity contribution in [2.45, 2.75) is 0 Å². The smallest absolute Gasteiger partial charge is 0.184 e. The maximum Gasteiger partial charge on any atom is 0.184 e. The van der Waals surface area contributed by atoms with Crippen LogP contribution in [0.3, 0.4) is 0 Å². The number of nitrogen functional groups attached to an aromatic ring is 1. The molecule has 0 spiro atoms. The van der Waals surface area contributed by atoms with Crippen molar-refractivity contribution in [2.75, 3.05) is 18.9 Å². The van der Waals surface area contributed by atoms with Gasteiger partial charge in [-0.1, -0.05) is 6.07 Å². The molecule has 0 radical (unpaired) electrons. The van der Waals surface area contributed by atoms with E-state index in [0.29, 0.717) is 24.7 Å². The molecule has 6 nitrogen and oxygen atoms in total. The lowest BCUT2D eigenvalue weighted by Crippen LogP contribution is -2.16. The summed E-state index contributed by atoms with van der Waals surface area (Å²) in [5, 5.41) is 8.25.